The molecule has 0 radical (unpaired) electrons. The number of hydrogen-bond donors (Lipinski definition) is 2. The first kappa shape index (κ1) is 17.6. The molecule has 7 heteroatoms. The molecule has 134 valence electrons. The van der Waals surface area contributed by atoms with Crippen molar-refractivity contribution in [1.82, 2.24) is 15.1 Å². The standard InChI is InChI=1S/C19H21N5O2/c1-11(2)14-7-5-6-12(3)17(14)23-19-20-9-8-15(21-19)18(25)22-16-10-13(4)26-24-16/h5-11H,1-4H3,(H,20,21,23)(H,22,24,25). The maximum absolute atomic E-state index is 12.4. The van der Waals surface area contributed by atoms with E-state index in [1.807, 2.05) is 19.1 Å². The van der Waals surface area contributed by atoms with Gasteiger partial charge < -0.3 is 15.2 Å². The number of aryl methyl sites for hydroxylation is 2. The van der Waals surface area contributed by atoms with Crippen LogP contribution in [0.4, 0.5) is 17.5 Å². The van der Waals surface area contributed by atoms with Crippen LogP contribution < -0.4 is 10.6 Å². The molecular weight excluding hydrogens is 330 g/mol. The molecule has 1 amide bonds. The van der Waals surface area contributed by atoms with Crippen LogP contribution in [0.3, 0.4) is 0 Å². The number of nitrogens with one attached hydrogen (secondary N) is 2. The number of benzene rings is 1. The van der Waals surface area contributed by atoms with E-state index in [2.05, 4.69) is 45.7 Å². The predicted molar refractivity (Wildman–Crippen MR) is 99.8 cm³/mol. The summed E-state index contributed by atoms with van der Waals surface area (Å²) in [5.74, 6) is 1.30. The zero-order valence-corrected chi connectivity index (χ0v) is 15.2. The molecule has 2 N–H and O–H groups in total. The molecule has 26 heavy (non-hydrogen) atoms. The summed E-state index contributed by atoms with van der Waals surface area (Å²) in [6.45, 7) is 8.04. The number of anilines is 3. The van der Waals surface area contributed by atoms with Gasteiger partial charge in [0.25, 0.3) is 5.91 Å². The summed E-state index contributed by atoms with van der Waals surface area (Å²) in [6, 6.07) is 9.32. The summed E-state index contributed by atoms with van der Waals surface area (Å²) in [4.78, 5) is 20.9. The molecule has 0 saturated carbocycles. The largest absolute Gasteiger partial charge is 0.360 e. The van der Waals surface area contributed by atoms with E-state index >= 15 is 0 Å². The zero-order valence-electron chi connectivity index (χ0n) is 15.2. The summed E-state index contributed by atoms with van der Waals surface area (Å²) in [5.41, 5.74) is 3.46. The Hall–Kier alpha value is -3.22. The molecule has 0 atom stereocenters. The molecule has 0 aliphatic rings. The molecule has 0 fully saturated rings. The van der Waals surface area contributed by atoms with Gasteiger partial charge in [0.05, 0.1) is 0 Å². The molecule has 7 nitrogen and oxygen atoms in total. The van der Waals surface area contributed by atoms with E-state index in [4.69, 9.17) is 4.52 Å². The summed E-state index contributed by atoms with van der Waals surface area (Å²) in [5, 5.41) is 9.65. The number of para-hydroxylation sites is 1. The van der Waals surface area contributed by atoms with E-state index in [0.29, 0.717) is 23.4 Å². The van der Waals surface area contributed by atoms with Crippen molar-refractivity contribution in [3.63, 3.8) is 0 Å². The van der Waals surface area contributed by atoms with Gasteiger partial charge >= 0.3 is 0 Å². The van der Waals surface area contributed by atoms with Crippen LogP contribution in [0.25, 0.3) is 0 Å². The number of rotatable bonds is 5. The first-order valence-electron chi connectivity index (χ1n) is 8.38. The molecule has 1 aromatic carbocycles. The number of amides is 1. The van der Waals surface area contributed by atoms with Gasteiger partial charge in [-0.2, -0.15) is 0 Å². The number of nitrogens with zero attached hydrogens (tertiary/aromatic N) is 3. The van der Waals surface area contributed by atoms with Crippen LogP contribution in [0.1, 0.15) is 47.1 Å². The normalized spacial score (nSPS) is 10.8. The van der Waals surface area contributed by atoms with Gasteiger partial charge in [0.2, 0.25) is 5.95 Å². The molecule has 3 rings (SSSR count). The second-order valence-electron chi connectivity index (χ2n) is 6.36. The van der Waals surface area contributed by atoms with Crippen molar-refractivity contribution < 1.29 is 9.32 Å². The van der Waals surface area contributed by atoms with Crippen LogP contribution in [0.2, 0.25) is 0 Å². The van der Waals surface area contributed by atoms with Gasteiger partial charge in [0, 0.05) is 18.0 Å². The minimum atomic E-state index is -0.377. The van der Waals surface area contributed by atoms with Crippen molar-refractivity contribution in [3.05, 3.63) is 59.1 Å². The Kier molecular flexibility index (Phi) is 4.97. The highest BCUT2D eigenvalue weighted by atomic mass is 16.5. The number of hydrogen-bond acceptors (Lipinski definition) is 6. The lowest BCUT2D eigenvalue weighted by Crippen LogP contribution is -2.15. The molecule has 0 bridgehead atoms. The third-order valence-electron chi connectivity index (χ3n) is 3.92. The molecule has 0 aliphatic heterocycles. The SMILES string of the molecule is Cc1cc(NC(=O)c2ccnc(Nc3c(C)cccc3C(C)C)n2)no1. The Morgan fingerprint density at radius 2 is 2.00 bits per heavy atom. The maximum Gasteiger partial charge on any atom is 0.275 e. The van der Waals surface area contributed by atoms with Gasteiger partial charge in [0.15, 0.2) is 5.82 Å². The van der Waals surface area contributed by atoms with Crippen molar-refractivity contribution in [3.8, 4) is 0 Å². The van der Waals surface area contributed by atoms with E-state index in [0.717, 1.165) is 11.3 Å². The van der Waals surface area contributed by atoms with E-state index < -0.39 is 0 Å². The molecule has 0 aliphatic carbocycles. The topological polar surface area (TPSA) is 92.9 Å². The van der Waals surface area contributed by atoms with E-state index in [9.17, 15) is 4.79 Å². The van der Waals surface area contributed by atoms with Gasteiger partial charge in [-0.05, 0) is 37.0 Å². The zero-order chi connectivity index (χ0) is 18.7. The molecule has 3 aromatic rings. The second-order valence-corrected chi connectivity index (χ2v) is 6.36. The Bertz CT molecular complexity index is 933. The lowest BCUT2D eigenvalue weighted by Gasteiger charge is -2.16. The minimum Gasteiger partial charge on any atom is -0.360 e. The van der Waals surface area contributed by atoms with E-state index in [1.54, 1.807) is 25.3 Å². The first-order valence-corrected chi connectivity index (χ1v) is 8.38. The Morgan fingerprint density at radius 3 is 2.69 bits per heavy atom. The van der Waals surface area contributed by atoms with Gasteiger partial charge in [-0.1, -0.05) is 37.2 Å². The molecule has 0 unspecified atom stereocenters. The smallest absolute Gasteiger partial charge is 0.275 e. The van der Waals surface area contributed by atoms with Crippen LogP contribution in [0.5, 0.6) is 0 Å². The van der Waals surface area contributed by atoms with Gasteiger partial charge in [0.1, 0.15) is 11.5 Å². The number of aromatic nitrogens is 3. The van der Waals surface area contributed by atoms with Gasteiger partial charge in [-0.15, -0.1) is 0 Å². The van der Waals surface area contributed by atoms with Crippen molar-refractivity contribution >= 4 is 23.4 Å². The summed E-state index contributed by atoms with van der Waals surface area (Å²) >= 11 is 0. The van der Waals surface area contributed by atoms with E-state index in [1.165, 1.54) is 5.56 Å². The average molecular weight is 351 g/mol. The van der Waals surface area contributed by atoms with Crippen LogP contribution in [-0.2, 0) is 0 Å². The average Bonchev–Trinajstić information content (AvgIpc) is 3.01. The number of carbonyl (C=O) groups is 1. The summed E-state index contributed by atoms with van der Waals surface area (Å²) < 4.78 is 4.94. The third kappa shape index (κ3) is 3.88. The maximum atomic E-state index is 12.4. The minimum absolute atomic E-state index is 0.239. The lowest BCUT2D eigenvalue weighted by molar-refractivity contribution is 0.102. The molecule has 0 spiro atoms. The summed E-state index contributed by atoms with van der Waals surface area (Å²) in [7, 11) is 0. The predicted octanol–water partition coefficient (Wildman–Crippen LogP) is 4.20. The van der Waals surface area contributed by atoms with Gasteiger partial charge in [-0.25, -0.2) is 9.97 Å². The Labute approximate surface area is 151 Å². The highest BCUT2D eigenvalue weighted by Crippen LogP contribution is 2.29. The first-order chi connectivity index (χ1) is 12.4. The van der Waals surface area contributed by atoms with E-state index in [-0.39, 0.29) is 11.6 Å². The fourth-order valence-electron chi connectivity index (χ4n) is 2.61. The van der Waals surface area contributed by atoms with Crippen molar-refractivity contribution in [2.45, 2.75) is 33.6 Å². The van der Waals surface area contributed by atoms with Crippen molar-refractivity contribution in [2.75, 3.05) is 10.6 Å². The van der Waals surface area contributed by atoms with Gasteiger partial charge in [-0.3, -0.25) is 4.79 Å². The second kappa shape index (κ2) is 7.35. The van der Waals surface area contributed by atoms with Crippen molar-refractivity contribution in [1.29, 1.82) is 0 Å². The van der Waals surface area contributed by atoms with Crippen LogP contribution in [0, 0.1) is 13.8 Å². The highest BCUT2D eigenvalue weighted by molar-refractivity contribution is 6.02. The Balaban J connectivity index is 1.83. The quantitative estimate of drug-likeness (QED) is 0.715. The Morgan fingerprint density at radius 1 is 1.19 bits per heavy atom. The number of carbonyl (C=O) groups excluding carboxylic acids is 1. The van der Waals surface area contributed by atoms with Crippen molar-refractivity contribution in [2.24, 2.45) is 0 Å². The molecular formula is C19H21N5O2. The molecule has 0 saturated heterocycles. The molecule has 2 aromatic heterocycles. The fraction of sp³-hybridized carbons (Fsp3) is 0.263. The monoisotopic (exact) mass is 351 g/mol. The van der Waals surface area contributed by atoms with Crippen LogP contribution in [-0.4, -0.2) is 21.0 Å². The summed E-state index contributed by atoms with van der Waals surface area (Å²) in [6.07, 6.45) is 1.55. The lowest BCUT2D eigenvalue weighted by atomic mass is 9.98. The van der Waals surface area contributed by atoms with Crippen LogP contribution in [0.15, 0.2) is 41.1 Å². The van der Waals surface area contributed by atoms with Crippen LogP contribution >= 0.6 is 0 Å². The fourth-order valence-corrected chi connectivity index (χ4v) is 2.61. The highest BCUT2D eigenvalue weighted by Gasteiger charge is 2.14. The molecule has 2 heterocycles. The third-order valence-corrected chi connectivity index (χ3v) is 3.92.